The van der Waals surface area contributed by atoms with E-state index in [2.05, 4.69) is 28.8 Å². The molecule has 0 fully saturated rings. The van der Waals surface area contributed by atoms with Gasteiger partial charge in [-0.15, -0.1) is 0 Å². The Morgan fingerprint density at radius 1 is 0.560 bits per heavy atom. The molecule has 3 nitrogen and oxygen atoms in total. The summed E-state index contributed by atoms with van der Waals surface area (Å²) in [6.45, 7) is 6.51. The van der Waals surface area contributed by atoms with Crippen molar-refractivity contribution in [1.29, 1.82) is 0 Å². The van der Waals surface area contributed by atoms with Crippen molar-refractivity contribution in [3.8, 4) is 0 Å². The Hall–Kier alpha value is -0.290. The van der Waals surface area contributed by atoms with Crippen molar-refractivity contribution in [3.05, 3.63) is 5.82 Å². The maximum absolute atomic E-state index is 4.63. The van der Waals surface area contributed by atoms with Crippen LogP contribution in [0.3, 0.4) is 0 Å². The van der Waals surface area contributed by atoms with Crippen molar-refractivity contribution < 1.29 is 0 Å². The van der Waals surface area contributed by atoms with Crippen LogP contribution in [0.5, 0.6) is 0 Å². The van der Waals surface area contributed by atoms with Crippen molar-refractivity contribution in [2.75, 3.05) is 11.5 Å². The second-order valence-corrected chi connectivity index (χ2v) is 8.80. The van der Waals surface area contributed by atoms with Crippen molar-refractivity contribution >= 4 is 23.5 Å². The minimum atomic E-state index is 0.853. The van der Waals surface area contributed by atoms with Crippen molar-refractivity contribution in [2.45, 2.75) is 108 Å². The molecule has 1 rings (SSSR count). The molecule has 1 aromatic heterocycles. The fourth-order valence-corrected chi connectivity index (χ4v) is 4.47. The molecule has 0 aliphatic rings. The topological polar surface area (TPSA) is 38.7 Å². The summed E-state index contributed by atoms with van der Waals surface area (Å²) in [6, 6.07) is 0. The maximum atomic E-state index is 4.63. The fourth-order valence-electron chi connectivity index (χ4n) is 2.65. The Morgan fingerprint density at radius 2 is 0.960 bits per heavy atom. The first-order chi connectivity index (χ1) is 12.3. The summed E-state index contributed by atoms with van der Waals surface area (Å²) in [5.74, 6) is 3.10. The highest BCUT2D eigenvalue weighted by molar-refractivity contribution is 7.99. The number of rotatable bonds is 16. The molecule has 0 aromatic carbocycles. The summed E-state index contributed by atoms with van der Waals surface area (Å²) in [6.07, 6.45) is 16.1. The minimum absolute atomic E-state index is 0.853. The lowest BCUT2D eigenvalue weighted by molar-refractivity contribution is 0.626. The smallest absolute Gasteiger partial charge is 0.191 e. The molecule has 144 valence electrons. The van der Waals surface area contributed by atoms with Gasteiger partial charge < -0.3 is 0 Å². The van der Waals surface area contributed by atoms with Gasteiger partial charge in [0, 0.05) is 11.5 Å². The Kier molecular flexibility index (Phi) is 14.5. The maximum Gasteiger partial charge on any atom is 0.191 e. The molecule has 0 unspecified atom stereocenters. The van der Waals surface area contributed by atoms with Gasteiger partial charge in [-0.2, -0.15) is 4.98 Å². The molecule has 0 amide bonds. The molecule has 0 aliphatic heterocycles. The highest BCUT2D eigenvalue weighted by atomic mass is 32.2. The van der Waals surface area contributed by atoms with Gasteiger partial charge in [-0.25, -0.2) is 9.97 Å². The molecule has 0 N–H and O–H groups in total. The van der Waals surface area contributed by atoms with Gasteiger partial charge >= 0.3 is 0 Å². The van der Waals surface area contributed by atoms with E-state index in [0.29, 0.717) is 0 Å². The van der Waals surface area contributed by atoms with Gasteiger partial charge in [-0.05, 0) is 19.8 Å². The van der Waals surface area contributed by atoms with Gasteiger partial charge in [0.1, 0.15) is 5.82 Å². The minimum Gasteiger partial charge on any atom is -0.208 e. The summed E-state index contributed by atoms with van der Waals surface area (Å²) >= 11 is 3.58. The first kappa shape index (κ1) is 22.8. The van der Waals surface area contributed by atoms with E-state index in [1.54, 1.807) is 23.5 Å². The van der Waals surface area contributed by atoms with E-state index in [9.17, 15) is 0 Å². The first-order valence-electron chi connectivity index (χ1n) is 10.2. The van der Waals surface area contributed by atoms with Crippen LogP contribution in [-0.2, 0) is 0 Å². The third-order valence-corrected chi connectivity index (χ3v) is 6.03. The molecular weight excluding hydrogens is 346 g/mol. The van der Waals surface area contributed by atoms with E-state index >= 15 is 0 Å². The van der Waals surface area contributed by atoms with E-state index in [1.807, 2.05) is 6.92 Å². The summed E-state index contributed by atoms with van der Waals surface area (Å²) in [4.78, 5) is 13.6. The van der Waals surface area contributed by atoms with Crippen LogP contribution in [0.15, 0.2) is 10.3 Å². The molecule has 0 atom stereocenters. The predicted molar refractivity (Wildman–Crippen MR) is 113 cm³/mol. The molecule has 25 heavy (non-hydrogen) atoms. The van der Waals surface area contributed by atoms with Gasteiger partial charge in [-0.1, -0.05) is 102 Å². The van der Waals surface area contributed by atoms with Gasteiger partial charge in [0.25, 0.3) is 0 Å². The highest BCUT2D eigenvalue weighted by Gasteiger charge is 2.05. The average molecular weight is 384 g/mol. The van der Waals surface area contributed by atoms with Crippen LogP contribution >= 0.6 is 23.5 Å². The van der Waals surface area contributed by atoms with Crippen LogP contribution in [0.4, 0.5) is 0 Å². The van der Waals surface area contributed by atoms with Crippen LogP contribution in [0.1, 0.15) is 96.7 Å². The zero-order chi connectivity index (χ0) is 18.2. The van der Waals surface area contributed by atoms with Crippen LogP contribution in [0.25, 0.3) is 0 Å². The Bertz CT molecular complexity index is 405. The summed E-state index contributed by atoms with van der Waals surface area (Å²) in [5.41, 5.74) is 0. The SMILES string of the molecule is CCCCCCCCSc1nc(C)nc(SCCCCCCCC)n1. The van der Waals surface area contributed by atoms with Crippen molar-refractivity contribution in [2.24, 2.45) is 0 Å². The van der Waals surface area contributed by atoms with Gasteiger partial charge in [-0.3, -0.25) is 0 Å². The molecular formula is C20H37N3S2. The monoisotopic (exact) mass is 383 g/mol. The van der Waals surface area contributed by atoms with Crippen LogP contribution < -0.4 is 0 Å². The third kappa shape index (κ3) is 12.7. The second-order valence-electron chi connectivity index (χ2n) is 6.68. The third-order valence-electron chi connectivity index (χ3n) is 4.16. The Labute approximate surface area is 164 Å². The van der Waals surface area contributed by atoms with Gasteiger partial charge in [0.05, 0.1) is 0 Å². The zero-order valence-electron chi connectivity index (χ0n) is 16.6. The molecule has 5 heteroatoms. The van der Waals surface area contributed by atoms with E-state index in [0.717, 1.165) is 27.6 Å². The molecule has 0 saturated carbocycles. The summed E-state index contributed by atoms with van der Waals surface area (Å²) < 4.78 is 0. The molecule has 0 spiro atoms. The Balaban J connectivity index is 2.19. The van der Waals surface area contributed by atoms with Crippen LogP contribution in [-0.4, -0.2) is 26.5 Å². The van der Waals surface area contributed by atoms with E-state index in [1.165, 1.54) is 77.0 Å². The molecule has 0 saturated heterocycles. The number of aryl methyl sites for hydroxylation is 1. The molecule has 1 heterocycles. The Morgan fingerprint density at radius 3 is 1.40 bits per heavy atom. The summed E-state index contributed by atoms with van der Waals surface area (Å²) in [5, 5.41) is 1.82. The standard InChI is InChI=1S/C20H37N3S2/c1-4-6-8-10-12-14-16-24-19-21-18(3)22-20(23-19)25-17-15-13-11-9-7-5-2/h4-17H2,1-3H3. The number of nitrogens with zero attached hydrogens (tertiary/aromatic N) is 3. The summed E-state index contributed by atoms with van der Waals surface area (Å²) in [7, 11) is 0. The number of unbranched alkanes of at least 4 members (excludes halogenated alkanes) is 10. The van der Waals surface area contributed by atoms with Crippen molar-refractivity contribution in [3.63, 3.8) is 0 Å². The number of hydrogen-bond acceptors (Lipinski definition) is 5. The van der Waals surface area contributed by atoms with E-state index < -0.39 is 0 Å². The van der Waals surface area contributed by atoms with Gasteiger partial charge in [0.15, 0.2) is 10.3 Å². The molecule has 0 radical (unpaired) electrons. The lowest BCUT2D eigenvalue weighted by Gasteiger charge is -2.05. The number of hydrogen-bond donors (Lipinski definition) is 0. The normalized spacial score (nSPS) is 11.2. The highest BCUT2D eigenvalue weighted by Crippen LogP contribution is 2.21. The lowest BCUT2D eigenvalue weighted by Crippen LogP contribution is -1.98. The predicted octanol–water partition coefficient (Wildman–Crippen LogP) is 7.09. The van der Waals surface area contributed by atoms with E-state index in [-0.39, 0.29) is 0 Å². The fraction of sp³-hybridized carbons (Fsp3) is 0.850. The second kappa shape index (κ2) is 15.9. The molecule has 1 aromatic rings. The van der Waals surface area contributed by atoms with Gasteiger partial charge in [0.2, 0.25) is 0 Å². The number of aromatic nitrogens is 3. The first-order valence-corrected chi connectivity index (χ1v) is 12.2. The largest absolute Gasteiger partial charge is 0.208 e. The lowest BCUT2D eigenvalue weighted by atomic mass is 10.1. The quantitative estimate of drug-likeness (QED) is 0.225. The number of thioether (sulfide) groups is 2. The van der Waals surface area contributed by atoms with Crippen molar-refractivity contribution in [1.82, 2.24) is 15.0 Å². The zero-order valence-corrected chi connectivity index (χ0v) is 18.2. The average Bonchev–Trinajstić information content (AvgIpc) is 2.60. The van der Waals surface area contributed by atoms with Crippen LogP contribution in [0.2, 0.25) is 0 Å². The molecule has 0 aliphatic carbocycles. The molecule has 0 bridgehead atoms. The van der Waals surface area contributed by atoms with E-state index in [4.69, 9.17) is 0 Å². The van der Waals surface area contributed by atoms with Crippen LogP contribution in [0, 0.1) is 6.92 Å².